The lowest BCUT2D eigenvalue weighted by Crippen LogP contribution is -2.19. The summed E-state index contributed by atoms with van der Waals surface area (Å²) >= 11 is 0. The molecule has 2 N–H and O–H groups in total. The Bertz CT molecular complexity index is 333. The van der Waals surface area contributed by atoms with Crippen LogP contribution in [0.3, 0.4) is 0 Å². The number of likely N-dealkylation sites (N-methyl/N-ethyl adjacent to an activating group) is 1. The highest BCUT2D eigenvalue weighted by Crippen LogP contribution is 2.28. The highest BCUT2D eigenvalue weighted by molar-refractivity contribution is 5.59. The van der Waals surface area contributed by atoms with Gasteiger partial charge in [-0.2, -0.15) is 0 Å². The first kappa shape index (κ1) is 10.5. The highest BCUT2D eigenvalue weighted by atomic mass is 15.1. The van der Waals surface area contributed by atoms with E-state index >= 15 is 0 Å². The maximum Gasteiger partial charge on any atom is 0.0402 e. The molecule has 82 valence electrons. The van der Waals surface area contributed by atoms with Gasteiger partial charge in [0, 0.05) is 18.8 Å². The predicted octanol–water partition coefficient (Wildman–Crippen LogP) is 1.96. The lowest BCUT2D eigenvalue weighted by molar-refractivity contribution is 0.831. The van der Waals surface area contributed by atoms with Gasteiger partial charge < -0.3 is 10.6 Å². The SMILES string of the molecule is CCN1CCc2ccc(CCCN)cc21. The molecule has 0 saturated carbocycles. The lowest BCUT2D eigenvalue weighted by atomic mass is 10.1. The minimum absolute atomic E-state index is 0.786. The van der Waals surface area contributed by atoms with E-state index < -0.39 is 0 Å². The van der Waals surface area contributed by atoms with E-state index in [0.29, 0.717) is 0 Å². The number of aryl methyl sites for hydroxylation is 1. The lowest BCUT2D eigenvalue weighted by Gasteiger charge is -2.17. The number of hydrogen-bond donors (Lipinski definition) is 1. The molecule has 0 fully saturated rings. The Morgan fingerprint density at radius 3 is 3.00 bits per heavy atom. The normalized spacial score (nSPS) is 14.4. The summed E-state index contributed by atoms with van der Waals surface area (Å²) in [7, 11) is 0. The topological polar surface area (TPSA) is 29.3 Å². The number of nitrogens with two attached hydrogens (primary N) is 1. The van der Waals surface area contributed by atoms with Crippen LogP contribution in [-0.2, 0) is 12.8 Å². The summed E-state index contributed by atoms with van der Waals surface area (Å²) in [5, 5.41) is 0. The second-order valence-electron chi connectivity index (χ2n) is 4.18. The quantitative estimate of drug-likeness (QED) is 0.812. The van der Waals surface area contributed by atoms with Crippen molar-refractivity contribution in [1.82, 2.24) is 0 Å². The van der Waals surface area contributed by atoms with Crippen molar-refractivity contribution in [2.75, 3.05) is 24.5 Å². The Labute approximate surface area is 92.1 Å². The van der Waals surface area contributed by atoms with Crippen LogP contribution in [0.2, 0.25) is 0 Å². The van der Waals surface area contributed by atoms with Gasteiger partial charge in [-0.05, 0) is 49.9 Å². The molecular weight excluding hydrogens is 184 g/mol. The first-order chi connectivity index (χ1) is 7.35. The Kier molecular flexibility index (Phi) is 3.27. The number of nitrogens with zero attached hydrogens (tertiary/aromatic N) is 1. The third-order valence-electron chi connectivity index (χ3n) is 3.19. The molecule has 0 aromatic heterocycles. The summed E-state index contributed by atoms with van der Waals surface area (Å²) < 4.78 is 0. The van der Waals surface area contributed by atoms with Crippen molar-refractivity contribution in [1.29, 1.82) is 0 Å². The minimum atomic E-state index is 0.786. The van der Waals surface area contributed by atoms with Gasteiger partial charge in [0.1, 0.15) is 0 Å². The monoisotopic (exact) mass is 204 g/mol. The molecule has 0 atom stereocenters. The van der Waals surface area contributed by atoms with E-state index in [1.54, 1.807) is 0 Å². The van der Waals surface area contributed by atoms with Gasteiger partial charge in [0.15, 0.2) is 0 Å². The standard InChI is InChI=1S/C13H20N2/c1-2-15-9-7-12-6-5-11(4-3-8-14)10-13(12)15/h5-6,10H,2-4,7-9,14H2,1H3. The van der Waals surface area contributed by atoms with Crippen LogP contribution in [-0.4, -0.2) is 19.6 Å². The first-order valence-electron chi connectivity index (χ1n) is 5.92. The second kappa shape index (κ2) is 4.67. The van der Waals surface area contributed by atoms with Crippen LogP contribution in [0.4, 0.5) is 5.69 Å². The fraction of sp³-hybridized carbons (Fsp3) is 0.538. The van der Waals surface area contributed by atoms with Crippen LogP contribution in [0.1, 0.15) is 24.5 Å². The van der Waals surface area contributed by atoms with E-state index in [4.69, 9.17) is 5.73 Å². The Hall–Kier alpha value is -1.02. The molecule has 0 bridgehead atoms. The number of rotatable bonds is 4. The molecule has 1 aromatic carbocycles. The first-order valence-corrected chi connectivity index (χ1v) is 5.92. The maximum atomic E-state index is 5.53. The second-order valence-corrected chi connectivity index (χ2v) is 4.18. The molecular formula is C13H20N2. The molecule has 1 aliphatic rings. The van der Waals surface area contributed by atoms with E-state index in [1.807, 2.05) is 0 Å². The molecule has 2 heteroatoms. The van der Waals surface area contributed by atoms with Crippen LogP contribution in [0, 0.1) is 0 Å². The number of anilines is 1. The Morgan fingerprint density at radius 1 is 1.40 bits per heavy atom. The van der Waals surface area contributed by atoms with Gasteiger partial charge >= 0.3 is 0 Å². The van der Waals surface area contributed by atoms with Gasteiger partial charge in [-0.15, -0.1) is 0 Å². The summed E-state index contributed by atoms with van der Waals surface area (Å²) in [6, 6.07) is 6.89. The third-order valence-corrected chi connectivity index (χ3v) is 3.19. The zero-order valence-electron chi connectivity index (χ0n) is 9.50. The van der Waals surface area contributed by atoms with Gasteiger partial charge in [-0.1, -0.05) is 12.1 Å². The van der Waals surface area contributed by atoms with Crippen LogP contribution in [0.25, 0.3) is 0 Å². The predicted molar refractivity (Wildman–Crippen MR) is 65.4 cm³/mol. The van der Waals surface area contributed by atoms with E-state index in [2.05, 4.69) is 30.0 Å². The molecule has 0 unspecified atom stereocenters. The third kappa shape index (κ3) is 2.15. The molecule has 0 spiro atoms. The molecule has 1 aromatic rings. The average Bonchev–Trinajstić information content (AvgIpc) is 2.68. The summed E-state index contributed by atoms with van der Waals surface area (Å²) in [6.45, 7) is 5.32. The molecule has 1 heterocycles. The van der Waals surface area contributed by atoms with Gasteiger partial charge in [-0.25, -0.2) is 0 Å². The fourth-order valence-electron chi connectivity index (χ4n) is 2.28. The highest BCUT2D eigenvalue weighted by Gasteiger charge is 2.17. The molecule has 0 aliphatic carbocycles. The fourth-order valence-corrected chi connectivity index (χ4v) is 2.28. The van der Waals surface area contributed by atoms with Crippen LogP contribution in [0.5, 0.6) is 0 Å². The smallest absolute Gasteiger partial charge is 0.0402 e. The summed E-state index contributed by atoms with van der Waals surface area (Å²) in [5.74, 6) is 0. The van der Waals surface area contributed by atoms with Gasteiger partial charge in [0.2, 0.25) is 0 Å². The zero-order valence-corrected chi connectivity index (χ0v) is 9.50. The Balaban J connectivity index is 2.17. The van der Waals surface area contributed by atoms with Crippen LogP contribution in [0.15, 0.2) is 18.2 Å². The molecule has 0 amide bonds. The molecule has 2 rings (SSSR count). The van der Waals surface area contributed by atoms with Crippen molar-refractivity contribution < 1.29 is 0 Å². The van der Waals surface area contributed by atoms with Crippen molar-refractivity contribution in [3.63, 3.8) is 0 Å². The largest absolute Gasteiger partial charge is 0.371 e. The van der Waals surface area contributed by atoms with Crippen molar-refractivity contribution >= 4 is 5.69 Å². The summed E-state index contributed by atoms with van der Waals surface area (Å²) in [6.07, 6.45) is 3.41. The van der Waals surface area contributed by atoms with Crippen LogP contribution >= 0.6 is 0 Å². The van der Waals surface area contributed by atoms with Crippen molar-refractivity contribution in [2.45, 2.75) is 26.2 Å². The zero-order chi connectivity index (χ0) is 10.7. The molecule has 2 nitrogen and oxygen atoms in total. The van der Waals surface area contributed by atoms with Gasteiger partial charge in [0.05, 0.1) is 0 Å². The van der Waals surface area contributed by atoms with Crippen molar-refractivity contribution in [2.24, 2.45) is 5.73 Å². The van der Waals surface area contributed by atoms with Crippen molar-refractivity contribution in [3.05, 3.63) is 29.3 Å². The minimum Gasteiger partial charge on any atom is -0.371 e. The van der Waals surface area contributed by atoms with E-state index in [-0.39, 0.29) is 0 Å². The van der Waals surface area contributed by atoms with Gasteiger partial charge in [-0.3, -0.25) is 0 Å². The van der Waals surface area contributed by atoms with Gasteiger partial charge in [0.25, 0.3) is 0 Å². The molecule has 15 heavy (non-hydrogen) atoms. The molecule has 1 aliphatic heterocycles. The summed E-state index contributed by atoms with van der Waals surface area (Å²) in [5.41, 5.74) is 9.92. The van der Waals surface area contributed by atoms with E-state index in [0.717, 1.165) is 25.9 Å². The average molecular weight is 204 g/mol. The Morgan fingerprint density at radius 2 is 2.27 bits per heavy atom. The van der Waals surface area contributed by atoms with Crippen LogP contribution < -0.4 is 10.6 Å². The number of hydrogen-bond acceptors (Lipinski definition) is 2. The van der Waals surface area contributed by atoms with E-state index in [9.17, 15) is 0 Å². The number of benzene rings is 1. The maximum absolute atomic E-state index is 5.53. The van der Waals surface area contributed by atoms with Crippen molar-refractivity contribution in [3.8, 4) is 0 Å². The molecule has 0 saturated heterocycles. The van der Waals surface area contributed by atoms with E-state index in [1.165, 1.54) is 29.8 Å². The summed E-state index contributed by atoms with van der Waals surface area (Å²) in [4.78, 5) is 2.46. The molecule has 0 radical (unpaired) electrons. The number of fused-ring (bicyclic) bond motifs is 1.